The number of carbonyl (C=O) groups excluding carboxylic acids is 1. The van der Waals surface area contributed by atoms with Crippen molar-refractivity contribution in [3.8, 4) is 0 Å². The average Bonchev–Trinajstić information content (AvgIpc) is 3.35. The van der Waals surface area contributed by atoms with Crippen molar-refractivity contribution in [1.82, 2.24) is 14.3 Å². The highest BCUT2D eigenvalue weighted by Crippen LogP contribution is 2.30. The zero-order chi connectivity index (χ0) is 17.4. The number of hydrogen-bond acceptors (Lipinski definition) is 4. The molecule has 7 nitrogen and oxygen atoms in total. The summed E-state index contributed by atoms with van der Waals surface area (Å²) in [5.74, 6) is -0.0358. The summed E-state index contributed by atoms with van der Waals surface area (Å²) in [4.78, 5) is 29.4. The number of aromatic nitrogens is 2. The van der Waals surface area contributed by atoms with Crippen molar-refractivity contribution in [2.75, 3.05) is 0 Å². The smallest absolute Gasteiger partial charge is 0.269 e. The van der Waals surface area contributed by atoms with Crippen LogP contribution >= 0.6 is 0 Å². The molecule has 0 spiro atoms. The van der Waals surface area contributed by atoms with E-state index in [1.165, 1.54) is 12.1 Å². The molecule has 1 aliphatic carbocycles. The van der Waals surface area contributed by atoms with Crippen molar-refractivity contribution in [2.45, 2.75) is 25.4 Å². The molecule has 1 fully saturated rings. The summed E-state index contributed by atoms with van der Waals surface area (Å²) in [5.41, 5.74) is 2.27. The molecule has 126 valence electrons. The number of nitrogens with zero attached hydrogens (tertiary/aromatic N) is 4. The van der Waals surface area contributed by atoms with Gasteiger partial charge in [0, 0.05) is 48.9 Å². The Balaban J connectivity index is 1.58. The van der Waals surface area contributed by atoms with E-state index in [-0.39, 0.29) is 17.6 Å². The number of carbonyl (C=O) groups is 1. The number of pyridine rings is 1. The van der Waals surface area contributed by atoms with Gasteiger partial charge < -0.3 is 9.30 Å². The second-order valence-electron chi connectivity index (χ2n) is 6.20. The van der Waals surface area contributed by atoms with Crippen molar-refractivity contribution in [3.63, 3.8) is 0 Å². The van der Waals surface area contributed by atoms with Crippen LogP contribution in [0, 0.1) is 10.1 Å². The molecule has 1 saturated carbocycles. The number of nitro benzene ring substituents is 1. The fraction of sp³-hybridized carbons (Fsp3) is 0.222. The minimum atomic E-state index is -0.423. The van der Waals surface area contributed by atoms with Gasteiger partial charge >= 0.3 is 0 Å². The third kappa shape index (κ3) is 3.08. The van der Waals surface area contributed by atoms with Crippen LogP contribution in [0.4, 0.5) is 5.69 Å². The molecule has 2 heterocycles. The Morgan fingerprint density at radius 1 is 1.24 bits per heavy atom. The molecule has 25 heavy (non-hydrogen) atoms. The summed E-state index contributed by atoms with van der Waals surface area (Å²) < 4.78 is 1.86. The average molecular weight is 336 g/mol. The summed E-state index contributed by atoms with van der Waals surface area (Å²) in [5, 5.41) is 10.8. The third-order valence-corrected chi connectivity index (χ3v) is 4.39. The Bertz CT molecular complexity index is 944. The van der Waals surface area contributed by atoms with Crippen LogP contribution in [0.1, 0.15) is 28.8 Å². The minimum absolute atomic E-state index is 0.0358. The summed E-state index contributed by atoms with van der Waals surface area (Å²) >= 11 is 0. The van der Waals surface area contributed by atoms with Crippen LogP contribution in [0.15, 0.2) is 55.0 Å². The van der Waals surface area contributed by atoms with Crippen molar-refractivity contribution in [1.29, 1.82) is 0 Å². The third-order valence-electron chi connectivity index (χ3n) is 4.39. The van der Waals surface area contributed by atoms with E-state index in [2.05, 4.69) is 4.98 Å². The molecule has 1 aromatic carbocycles. The Morgan fingerprint density at radius 3 is 2.68 bits per heavy atom. The summed E-state index contributed by atoms with van der Waals surface area (Å²) in [6, 6.07) is 10.2. The lowest BCUT2D eigenvalue weighted by Crippen LogP contribution is -2.32. The molecule has 1 aliphatic rings. The predicted molar refractivity (Wildman–Crippen MR) is 91.2 cm³/mol. The molecule has 0 saturated heterocycles. The van der Waals surface area contributed by atoms with Gasteiger partial charge in [-0.1, -0.05) is 12.1 Å². The van der Waals surface area contributed by atoms with E-state index in [0.29, 0.717) is 12.1 Å². The quantitative estimate of drug-likeness (QED) is 0.530. The van der Waals surface area contributed by atoms with Crippen LogP contribution < -0.4 is 0 Å². The lowest BCUT2D eigenvalue weighted by molar-refractivity contribution is -0.384. The fourth-order valence-electron chi connectivity index (χ4n) is 2.88. The van der Waals surface area contributed by atoms with Gasteiger partial charge in [-0.2, -0.15) is 0 Å². The van der Waals surface area contributed by atoms with Crippen LogP contribution in [-0.4, -0.2) is 31.2 Å². The lowest BCUT2D eigenvalue weighted by atomic mass is 10.1. The van der Waals surface area contributed by atoms with E-state index in [1.54, 1.807) is 30.5 Å². The number of nitro groups is 1. The minimum Gasteiger partial charge on any atom is -0.331 e. The van der Waals surface area contributed by atoms with Crippen molar-refractivity contribution >= 4 is 17.2 Å². The molecule has 0 radical (unpaired) electrons. The van der Waals surface area contributed by atoms with Gasteiger partial charge in [0.15, 0.2) is 0 Å². The first-order valence-corrected chi connectivity index (χ1v) is 8.09. The maximum Gasteiger partial charge on any atom is 0.269 e. The second-order valence-corrected chi connectivity index (χ2v) is 6.20. The Labute approximate surface area is 143 Å². The topological polar surface area (TPSA) is 80.8 Å². The highest BCUT2D eigenvalue weighted by Gasteiger charge is 2.33. The van der Waals surface area contributed by atoms with Crippen LogP contribution in [0.2, 0.25) is 0 Å². The Morgan fingerprint density at radius 2 is 2.00 bits per heavy atom. The van der Waals surface area contributed by atoms with E-state index >= 15 is 0 Å². The van der Waals surface area contributed by atoms with Crippen molar-refractivity contribution < 1.29 is 9.72 Å². The van der Waals surface area contributed by atoms with E-state index < -0.39 is 4.92 Å². The molecule has 0 N–H and O–H groups in total. The van der Waals surface area contributed by atoms with Crippen LogP contribution in [0.25, 0.3) is 5.65 Å². The molecule has 2 aromatic heterocycles. The predicted octanol–water partition coefficient (Wildman–Crippen LogP) is 3.05. The lowest BCUT2D eigenvalue weighted by Gasteiger charge is -2.22. The zero-order valence-electron chi connectivity index (χ0n) is 13.4. The first kappa shape index (κ1) is 15.3. The zero-order valence-corrected chi connectivity index (χ0v) is 13.4. The highest BCUT2D eigenvalue weighted by molar-refractivity contribution is 5.95. The van der Waals surface area contributed by atoms with E-state index in [0.717, 1.165) is 24.1 Å². The molecule has 4 rings (SSSR count). The van der Waals surface area contributed by atoms with Gasteiger partial charge in [-0.25, -0.2) is 4.98 Å². The van der Waals surface area contributed by atoms with Gasteiger partial charge in [0.2, 0.25) is 0 Å². The molecule has 0 atom stereocenters. The normalized spacial score (nSPS) is 13.8. The maximum atomic E-state index is 13.0. The summed E-state index contributed by atoms with van der Waals surface area (Å²) in [6.45, 7) is 0.446. The van der Waals surface area contributed by atoms with Crippen molar-refractivity contribution in [3.05, 3.63) is 76.2 Å². The van der Waals surface area contributed by atoms with Crippen LogP contribution in [0.5, 0.6) is 0 Å². The van der Waals surface area contributed by atoms with Gasteiger partial charge in [-0.05, 0) is 30.5 Å². The number of amides is 1. The number of rotatable bonds is 5. The number of non-ortho nitro benzene ring substituents is 1. The van der Waals surface area contributed by atoms with Gasteiger partial charge in [-0.15, -0.1) is 0 Å². The van der Waals surface area contributed by atoms with Crippen molar-refractivity contribution in [2.24, 2.45) is 0 Å². The van der Waals surface area contributed by atoms with Gasteiger partial charge in [0.05, 0.1) is 4.92 Å². The molecule has 0 unspecified atom stereocenters. The first-order chi connectivity index (χ1) is 12.1. The van der Waals surface area contributed by atoms with Crippen LogP contribution in [0.3, 0.4) is 0 Å². The van der Waals surface area contributed by atoms with E-state index in [9.17, 15) is 14.9 Å². The molecule has 0 aliphatic heterocycles. The Hall–Kier alpha value is -3.22. The number of hydrogen-bond donors (Lipinski definition) is 0. The van der Waals surface area contributed by atoms with Gasteiger partial charge in [0.25, 0.3) is 11.6 Å². The monoisotopic (exact) mass is 336 g/mol. The molecule has 7 heteroatoms. The molecular formula is C18H16N4O3. The molecule has 3 aromatic rings. The van der Waals surface area contributed by atoms with E-state index in [1.807, 2.05) is 21.7 Å². The summed E-state index contributed by atoms with van der Waals surface area (Å²) in [7, 11) is 0. The number of imidazole rings is 1. The Kier molecular flexibility index (Phi) is 3.68. The van der Waals surface area contributed by atoms with Gasteiger partial charge in [0.1, 0.15) is 5.65 Å². The first-order valence-electron chi connectivity index (χ1n) is 8.09. The molecule has 0 bridgehead atoms. The van der Waals surface area contributed by atoms with Crippen LogP contribution in [-0.2, 0) is 6.54 Å². The SMILES string of the molecule is O=C(c1ccn2ccnc2c1)N(Cc1ccc([N+](=O)[O-])cc1)C1CC1. The molecule has 1 amide bonds. The maximum absolute atomic E-state index is 13.0. The van der Waals surface area contributed by atoms with E-state index in [4.69, 9.17) is 0 Å². The number of fused-ring (bicyclic) bond motifs is 1. The second kappa shape index (κ2) is 6.01. The molecular weight excluding hydrogens is 320 g/mol. The largest absolute Gasteiger partial charge is 0.331 e. The highest BCUT2D eigenvalue weighted by atomic mass is 16.6. The van der Waals surface area contributed by atoms with Gasteiger partial charge in [-0.3, -0.25) is 14.9 Å². The summed E-state index contributed by atoms with van der Waals surface area (Å²) in [6.07, 6.45) is 7.33. The standard InChI is InChI=1S/C18H16N4O3/c23-18(14-7-9-20-10-8-19-17(20)11-14)21(15-5-6-15)12-13-1-3-16(4-2-13)22(24)25/h1-4,7-11,15H,5-6,12H2. The number of benzene rings is 1. The fourth-order valence-corrected chi connectivity index (χ4v) is 2.88.